The van der Waals surface area contributed by atoms with Crippen LogP contribution in [-0.2, 0) is 4.74 Å². The summed E-state index contributed by atoms with van der Waals surface area (Å²) >= 11 is 11.8. The Morgan fingerprint density at radius 3 is 2.07 bits per heavy atom. The quantitative estimate of drug-likeness (QED) is 0.872. The maximum atomic E-state index is 5.88. The number of hydrogen-bond donors (Lipinski definition) is 1. The highest BCUT2D eigenvalue weighted by Crippen LogP contribution is 2.26. The molecule has 1 aromatic carbocycles. The van der Waals surface area contributed by atoms with Crippen LogP contribution in [0.4, 0.5) is 0 Å². The lowest BCUT2D eigenvalue weighted by Crippen LogP contribution is -2.26. The van der Waals surface area contributed by atoms with Crippen molar-refractivity contribution in [2.45, 2.75) is 19.1 Å². The Hall–Kier alpha value is -0.280. The molecule has 14 heavy (non-hydrogen) atoms. The van der Waals surface area contributed by atoms with E-state index in [4.69, 9.17) is 33.7 Å². The lowest BCUT2D eigenvalue weighted by atomic mass is 10.0. The van der Waals surface area contributed by atoms with Crippen LogP contribution in [0.3, 0.4) is 0 Å². The third-order valence-corrected chi connectivity index (χ3v) is 2.38. The summed E-state index contributed by atoms with van der Waals surface area (Å²) in [5.41, 5.74) is 6.67. The fourth-order valence-corrected chi connectivity index (χ4v) is 1.94. The van der Waals surface area contributed by atoms with Gasteiger partial charge < -0.3 is 10.5 Å². The Morgan fingerprint density at radius 1 is 1.21 bits per heavy atom. The van der Waals surface area contributed by atoms with E-state index in [1.807, 2.05) is 19.1 Å². The highest BCUT2D eigenvalue weighted by atomic mass is 35.5. The van der Waals surface area contributed by atoms with E-state index in [9.17, 15) is 0 Å². The number of halogens is 2. The SMILES string of the molecule is COC(c1cc(Cl)cc(Cl)c1)C(C)N. The molecule has 0 heterocycles. The molecule has 0 fully saturated rings. The van der Waals surface area contributed by atoms with Crippen molar-refractivity contribution in [1.29, 1.82) is 0 Å². The van der Waals surface area contributed by atoms with E-state index in [0.29, 0.717) is 10.0 Å². The van der Waals surface area contributed by atoms with Gasteiger partial charge in [0.15, 0.2) is 0 Å². The van der Waals surface area contributed by atoms with Crippen molar-refractivity contribution in [2.75, 3.05) is 7.11 Å². The molecule has 0 aromatic heterocycles. The molecule has 78 valence electrons. The van der Waals surface area contributed by atoms with Gasteiger partial charge >= 0.3 is 0 Å². The van der Waals surface area contributed by atoms with Crippen LogP contribution in [-0.4, -0.2) is 13.2 Å². The molecule has 0 aliphatic heterocycles. The van der Waals surface area contributed by atoms with Gasteiger partial charge in [0, 0.05) is 23.2 Å². The molecule has 0 saturated heterocycles. The highest BCUT2D eigenvalue weighted by Gasteiger charge is 2.16. The van der Waals surface area contributed by atoms with Crippen LogP contribution in [0.5, 0.6) is 0 Å². The first kappa shape index (κ1) is 11.8. The van der Waals surface area contributed by atoms with Crippen molar-refractivity contribution < 1.29 is 4.74 Å². The largest absolute Gasteiger partial charge is 0.375 e. The van der Waals surface area contributed by atoms with Gasteiger partial charge in [-0.3, -0.25) is 0 Å². The number of rotatable bonds is 3. The van der Waals surface area contributed by atoms with Gasteiger partial charge in [-0.2, -0.15) is 0 Å². The van der Waals surface area contributed by atoms with Gasteiger partial charge in [-0.1, -0.05) is 23.2 Å². The molecule has 2 N–H and O–H groups in total. The monoisotopic (exact) mass is 233 g/mol. The molecule has 4 heteroatoms. The Balaban J connectivity index is 3.04. The summed E-state index contributed by atoms with van der Waals surface area (Å²) in [6, 6.07) is 5.20. The van der Waals surface area contributed by atoms with E-state index in [1.165, 1.54) is 0 Å². The third kappa shape index (κ3) is 2.85. The standard InChI is InChI=1S/C10H13Cl2NO/c1-6(13)10(14-2)7-3-8(11)5-9(12)4-7/h3-6,10H,13H2,1-2H3. The van der Waals surface area contributed by atoms with Gasteiger partial charge in [0.2, 0.25) is 0 Å². The van der Waals surface area contributed by atoms with E-state index < -0.39 is 0 Å². The maximum absolute atomic E-state index is 5.88. The third-order valence-electron chi connectivity index (χ3n) is 1.94. The van der Waals surface area contributed by atoms with E-state index in [0.717, 1.165) is 5.56 Å². The number of nitrogens with two attached hydrogens (primary N) is 1. The second-order valence-corrected chi connectivity index (χ2v) is 4.09. The first-order valence-electron chi connectivity index (χ1n) is 4.29. The number of hydrogen-bond acceptors (Lipinski definition) is 2. The number of methoxy groups -OCH3 is 1. The van der Waals surface area contributed by atoms with Crippen molar-refractivity contribution >= 4 is 23.2 Å². The Bertz CT molecular complexity index is 295. The fraction of sp³-hybridized carbons (Fsp3) is 0.400. The van der Waals surface area contributed by atoms with E-state index in [2.05, 4.69) is 0 Å². The molecule has 2 atom stereocenters. The second-order valence-electron chi connectivity index (χ2n) is 3.22. The molecule has 0 aliphatic carbocycles. The molecule has 0 saturated carbocycles. The average Bonchev–Trinajstić information content (AvgIpc) is 2.02. The second kappa shape index (κ2) is 4.99. The summed E-state index contributed by atoms with van der Waals surface area (Å²) in [5.74, 6) is 0. The van der Waals surface area contributed by atoms with Gasteiger partial charge in [-0.15, -0.1) is 0 Å². The maximum Gasteiger partial charge on any atom is 0.0970 e. The molecule has 1 rings (SSSR count). The molecule has 2 unspecified atom stereocenters. The van der Waals surface area contributed by atoms with Gasteiger partial charge in [0.05, 0.1) is 6.10 Å². The van der Waals surface area contributed by atoms with Gasteiger partial charge in [0.1, 0.15) is 0 Å². The predicted molar refractivity (Wildman–Crippen MR) is 59.9 cm³/mol. The first-order chi connectivity index (χ1) is 6.54. The lowest BCUT2D eigenvalue weighted by molar-refractivity contribution is 0.0854. The Kier molecular flexibility index (Phi) is 4.20. The molecule has 0 amide bonds. The van der Waals surface area contributed by atoms with E-state index >= 15 is 0 Å². The van der Waals surface area contributed by atoms with Crippen molar-refractivity contribution in [2.24, 2.45) is 5.73 Å². The minimum atomic E-state index is -0.175. The van der Waals surface area contributed by atoms with E-state index in [-0.39, 0.29) is 12.1 Å². The Morgan fingerprint density at radius 2 is 1.71 bits per heavy atom. The summed E-state index contributed by atoms with van der Waals surface area (Å²) < 4.78 is 5.27. The van der Waals surface area contributed by atoms with Gasteiger partial charge in [-0.05, 0) is 30.7 Å². The lowest BCUT2D eigenvalue weighted by Gasteiger charge is -2.19. The van der Waals surface area contributed by atoms with Crippen LogP contribution in [0.25, 0.3) is 0 Å². The normalized spacial score (nSPS) is 15.2. The van der Waals surface area contributed by atoms with E-state index in [1.54, 1.807) is 13.2 Å². The molecule has 0 aliphatic rings. The number of ether oxygens (including phenoxy) is 1. The predicted octanol–water partition coefficient (Wildman–Crippen LogP) is 3.03. The summed E-state index contributed by atoms with van der Waals surface area (Å²) in [6.07, 6.45) is -0.175. The molecule has 0 radical (unpaired) electrons. The zero-order chi connectivity index (χ0) is 10.7. The number of benzene rings is 1. The van der Waals surface area contributed by atoms with Gasteiger partial charge in [0.25, 0.3) is 0 Å². The minimum Gasteiger partial charge on any atom is -0.375 e. The molecule has 2 nitrogen and oxygen atoms in total. The topological polar surface area (TPSA) is 35.2 Å². The zero-order valence-corrected chi connectivity index (χ0v) is 9.64. The van der Waals surface area contributed by atoms with Gasteiger partial charge in [-0.25, -0.2) is 0 Å². The molecule has 1 aromatic rings. The van der Waals surface area contributed by atoms with Crippen molar-refractivity contribution in [3.8, 4) is 0 Å². The average molecular weight is 234 g/mol. The smallest absolute Gasteiger partial charge is 0.0970 e. The summed E-state index contributed by atoms with van der Waals surface area (Å²) in [4.78, 5) is 0. The fourth-order valence-electron chi connectivity index (χ4n) is 1.39. The van der Waals surface area contributed by atoms with Crippen LogP contribution >= 0.6 is 23.2 Å². The molecule has 0 spiro atoms. The summed E-state index contributed by atoms with van der Waals surface area (Å²) in [6.45, 7) is 1.88. The highest BCUT2D eigenvalue weighted by molar-refractivity contribution is 6.34. The summed E-state index contributed by atoms with van der Waals surface area (Å²) in [7, 11) is 1.61. The summed E-state index contributed by atoms with van der Waals surface area (Å²) in [5, 5.41) is 1.19. The van der Waals surface area contributed by atoms with Crippen LogP contribution in [0.2, 0.25) is 10.0 Å². The van der Waals surface area contributed by atoms with Crippen LogP contribution in [0.15, 0.2) is 18.2 Å². The Labute approximate surface area is 94.0 Å². The molecular formula is C10H13Cl2NO. The van der Waals surface area contributed by atoms with Crippen LogP contribution in [0, 0.1) is 0 Å². The zero-order valence-electron chi connectivity index (χ0n) is 8.13. The van der Waals surface area contributed by atoms with Crippen LogP contribution in [0.1, 0.15) is 18.6 Å². The van der Waals surface area contributed by atoms with Crippen molar-refractivity contribution in [3.05, 3.63) is 33.8 Å². The molecular weight excluding hydrogens is 221 g/mol. The van der Waals surface area contributed by atoms with Crippen LogP contribution < -0.4 is 5.73 Å². The minimum absolute atomic E-state index is 0.102. The first-order valence-corrected chi connectivity index (χ1v) is 5.04. The van der Waals surface area contributed by atoms with Crippen molar-refractivity contribution in [1.82, 2.24) is 0 Å². The molecule has 0 bridgehead atoms. The van der Waals surface area contributed by atoms with Crippen molar-refractivity contribution in [3.63, 3.8) is 0 Å².